The summed E-state index contributed by atoms with van der Waals surface area (Å²) in [4.78, 5) is 15.9. The lowest BCUT2D eigenvalue weighted by Gasteiger charge is -2.27. The Bertz CT molecular complexity index is 1300. The number of morpholine rings is 1. The largest absolute Gasteiger partial charge is 0.463 e. The van der Waals surface area contributed by atoms with Gasteiger partial charge in [0.2, 0.25) is 5.95 Å². The molecule has 0 spiro atoms. The molecule has 0 aliphatic carbocycles. The summed E-state index contributed by atoms with van der Waals surface area (Å²) >= 11 is 0. The highest BCUT2D eigenvalue weighted by Crippen LogP contribution is 2.21. The minimum atomic E-state index is 0.291. The average molecular weight is 472 g/mol. The van der Waals surface area contributed by atoms with E-state index in [1.165, 1.54) is 5.56 Å². The molecule has 1 aliphatic rings. The number of hydrogen-bond acceptors (Lipinski definition) is 8. The van der Waals surface area contributed by atoms with E-state index in [1.54, 1.807) is 5.01 Å². The number of nitrogens with zero attached hydrogens (tertiary/aromatic N) is 7. The Morgan fingerprint density at radius 2 is 1.80 bits per heavy atom. The molecule has 3 heterocycles. The van der Waals surface area contributed by atoms with Gasteiger partial charge in [-0.15, -0.1) is 0 Å². The van der Waals surface area contributed by atoms with Gasteiger partial charge in [0, 0.05) is 56.3 Å². The second-order valence-corrected chi connectivity index (χ2v) is 8.38. The van der Waals surface area contributed by atoms with E-state index in [4.69, 9.17) is 9.47 Å². The van der Waals surface area contributed by atoms with Crippen molar-refractivity contribution in [2.24, 2.45) is 12.1 Å². The molecule has 9 heteroatoms. The first kappa shape index (κ1) is 22.8. The Kier molecular flexibility index (Phi) is 6.85. The van der Waals surface area contributed by atoms with E-state index < -0.39 is 0 Å². The number of aromatic nitrogens is 4. The third-order valence-electron chi connectivity index (χ3n) is 5.94. The van der Waals surface area contributed by atoms with Crippen LogP contribution in [0.2, 0.25) is 0 Å². The molecule has 0 atom stereocenters. The van der Waals surface area contributed by atoms with Gasteiger partial charge in [0.25, 0.3) is 5.95 Å². The smallest absolute Gasteiger partial charge is 0.323 e. The topological polar surface area (TPSA) is 80.9 Å². The van der Waals surface area contributed by atoms with Crippen LogP contribution in [-0.2, 0) is 18.2 Å². The SMILES string of the molecule is CN(/N=C/c1cn(C)c2ccccc12)c1nc(OCCc2ccccc2)nc(N2CCOCC2)n1. The third-order valence-corrected chi connectivity index (χ3v) is 5.94. The fourth-order valence-corrected chi connectivity index (χ4v) is 4.03. The first-order valence-corrected chi connectivity index (χ1v) is 11.7. The lowest BCUT2D eigenvalue weighted by Crippen LogP contribution is -2.37. The van der Waals surface area contributed by atoms with Gasteiger partial charge in [-0.05, 0) is 11.6 Å². The van der Waals surface area contributed by atoms with Crippen molar-refractivity contribution in [3.8, 4) is 6.01 Å². The fraction of sp³-hybridized carbons (Fsp3) is 0.308. The summed E-state index contributed by atoms with van der Waals surface area (Å²) in [6.07, 6.45) is 4.66. The van der Waals surface area contributed by atoms with E-state index in [1.807, 2.05) is 50.6 Å². The van der Waals surface area contributed by atoms with Crippen LogP contribution in [0.1, 0.15) is 11.1 Å². The van der Waals surface area contributed by atoms with Gasteiger partial charge in [0.15, 0.2) is 0 Å². The molecule has 2 aromatic carbocycles. The van der Waals surface area contributed by atoms with Gasteiger partial charge in [0.05, 0.1) is 26.0 Å². The second-order valence-electron chi connectivity index (χ2n) is 8.38. The quantitative estimate of drug-likeness (QED) is 0.288. The Labute approximate surface area is 204 Å². The van der Waals surface area contributed by atoms with Crippen LogP contribution in [-0.4, -0.2) is 65.7 Å². The summed E-state index contributed by atoms with van der Waals surface area (Å²) in [6.45, 7) is 3.19. The van der Waals surface area contributed by atoms with Crippen molar-refractivity contribution in [3.05, 3.63) is 71.9 Å². The van der Waals surface area contributed by atoms with Gasteiger partial charge in [-0.1, -0.05) is 48.5 Å². The zero-order chi connectivity index (χ0) is 24.0. The van der Waals surface area contributed by atoms with Crippen LogP contribution in [0.4, 0.5) is 11.9 Å². The number of rotatable bonds is 8. The monoisotopic (exact) mass is 471 g/mol. The Morgan fingerprint density at radius 3 is 2.63 bits per heavy atom. The molecule has 0 amide bonds. The predicted octanol–water partition coefficient (Wildman–Crippen LogP) is 3.29. The molecule has 180 valence electrons. The number of para-hydroxylation sites is 1. The summed E-state index contributed by atoms with van der Waals surface area (Å²) in [5, 5.41) is 7.42. The second kappa shape index (κ2) is 10.5. The third kappa shape index (κ3) is 5.41. The molecule has 2 aromatic heterocycles. The standard InChI is InChI=1S/C26H29N7O2/c1-31-19-21(22-10-6-7-11-23(22)31)18-27-32(2)24-28-25(33-13-16-34-17-14-33)30-26(29-24)35-15-12-20-8-4-3-5-9-20/h3-11,18-19H,12-17H2,1-2H3/b27-18+. The van der Waals surface area contributed by atoms with Gasteiger partial charge >= 0.3 is 6.01 Å². The van der Waals surface area contributed by atoms with Gasteiger partial charge in [-0.2, -0.15) is 20.1 Å². The van der Waals surface area contributed by atoms with Crippen LogP contribution in [0, 0.1) is 0 Å². The van der Waals surface area contributed by atoms with Gasteiger partial charge in [0.1, 0.15) is 0 Å². The lowest BCUT2D eigenvalue weighted by atomic mass is 10.2. The number of hydrogen-bond donors (Lipinski definition) is 0. The predicted molar refractivity (Wildman–Crippen MR) is 137 cm³/mol. The number of hydrazone groups is 1. The maximum absolute atomic E-state index is 5.95. The zero-order valence-electron chi connectivity index (χ0n) is 20.0. The van der Waals surface area contributed by atoms with E-state index >= 15 is 0 Å². The molecule has 9 nitrogen and oxygen atoms in total. The van der Waals surface area contributed by atoms with E-state index in [9.17, 15) is 0 Å². The van der Waals surface area contributed by atoms with Gasteiger partial charge in [-0.3, -0.25) is 0 Å². The first-order valence-electron chi connectivity index (χ1n) is 11.7. The Balaban J connectivity index is 1.37. The van der Waals surface area contributed by atoms with Crippen LogP contribution >= 0.6 is 0 Å². The average Bonchev–Trinajstić information content (AvgIpc) is 3.23. The van der Waals surface area contributed by atoms with Crippen molar-refractivity contribution in [3.63, 3.8) is 0 Å². The summed E-state index contributed by atoms with van der Waals surface area (Å²) in [5.41, 5.74) is 3.38. The highest BCUT2D eigenvalue weighted by atomic mass is 16.5. The molecular formula is C26H29N7O2. The summed E-state index contributed by atoms with van der Waals surface area (Å²) in [5.74, 6) is 0.993. The van der Waals surface area contributed by atoms with E-state index in [0.29, 0.717) is 37.7 Å². The van der Waals surface area contributed by atoms with Crippen molar-refractivity contribution in [1.29, 1.82) is 0 Å². The molecule has 0 N–H and O–H groups in total. The highest BCUT2D eigenvalue weighted by Gasteiger charge is 2.18. The molecule has 5 rings (SSSR count). The molecule has 1 saturated heterocycles. The lowest BCUT2D eigenvalue weighted by molar-refractivity contribution is 0.122. The number of ether oxygens (including phenoxy) is 2. The van der Waals surface area contributed by atoms with Crippen molar-refractivity contribution >= 4 is 29.0 Å². The van der Waals surface area contributed by atoms with Crippen LogP contribution < -0.4 is 14.6 Å². The van der Waals surface area contributed by atoms with E-state index in [0.717, 1.165) is 36.0 Å². The van der Waals surface area contributed by atoms with Crippen LogP contribution in [0.15, 0.2) is 65.9 Å². The number of aryl methyl sites for hydroxylation is 1. The van der Waals surface area contributed by atoms with Crippen molar-refractivity contribution in [2.45, 2.75) is 6.42 Å². The zero-order valence-corrected chi connectivity index (χ0v) is 20.0. The fourth-order valence-electron chi connectivity index (χ4n) is 4.03. The molecule has 0 unspecified atom stereocenters. The Hall–Kier alpha value is -3.98. The van der Waals surface area contributed by atoms with E-state index in [-0.39, 0.29) is 0 Å². The van der Waals surface area contributed by atoms with Crippen LogP contribution in [0.3, 0.4) is 0 Å². The van der Waals surface area contributed by atoms with Crippen molar-refractivity contribution in [2.75, 3.05) is 49.9 Å². The molecule has 35 heavy (non-hydrogen) atoms. The molecule has 0 radical (unpaired) electrons. The molecule has 4 aromatic rings. The highest BCUT2D eigenvalue weighted by molar-refractivity contribution is 5.99. The minimum absolute atomic E-state index is 0.291. The molecule has 0 bridgehead atoms. The molecule has 1 aliphatic heterocycles. The number of benzene rings is 2. The maximum Gasteiger partial charge on any atom is 0.323 e. The number of fused-ring (bicyclic) bond motifs is 1. The minimum Gasteiger partial charge on any atom is -0.463 e. The van der Waals surface area contributed by atoms with E-state index in [2.05, 4.69) is 60.0 Å². The van der Waals surface area contributed by atoms with Crippen LogP contribution in [0.5, 0.6) is 6.01 Å². The number of anilines is 2. The van der Waals surface area contributed by atoms with Crippen LogP contribution in [0.25, 0.3) is 10.9 Å². The van der Waals surface area contributed by atoms with Crippen molar-refractivity contribution < 1.29 is 9.47 Å². The molecular weight excluding hydrogens is 442 g/mol. The summed E-state index contributed by atoms with van der Waals surface area (Å²) < 4.78 is 13.5. The summed E-state index contributed by atoms with van der Waals surface area (Å²) in [6, 6.07) is 18.8. The normalized spacial score (nSPS) is 14.1. The maximum atomic E-state index is 5.95. The molecule has 0 saturated carbocycles. The Morgan fingerprint density at radius 1 is 1.03 bits per heavy atom. The van der Waals surface area contributed by atoms with Gasteiger partial charge < -0.3 is 18.9 Å². The van der Waals surface area contributed by atoms with Gasteiger partial charge in [-0.25, -0.2) is 5.01 Å². The first-order chi connectivity index (χ1) is 17.2. The molecule has 1 fully saturated rings. The van der Waals surface area contributed by atoms with Crippen molar-refractivity contribution in [1.82, 2.24) is 19.5 Å². The summed E-state index contributed by atoms with van der Waals surface area (Å²) in [7, 11) is 3.86.